The highest BCUT2D eigenvalue weighted by molar-refractivity contribution is 7.98. The summed E-state index contributed by atoms with van der Waals surface area (Å²) >= 11 is 1.97. The van der Waals surface area contributed by atoms with Gasteiger partial charge in [-0.25, -0.2) is 0 Å². The largest absolute Gasteiger partial charge is 0.311 e. The monoisotopic (exact) mass is 272 g/mol. The van der Waals surface area contributed by atoms with Crippen molar-refractivity contribution in [3.63, 3.8) is 0 Å². The molecule has 3 heteroatoms. The molecule has 1 N–H and O–H groups in total. The summed E-state index contributed by atoms with van der Waals surface area (Å²) < 4.78 is 0. The Balaban J connectivity index is 2.54. The van der Waals surface area contributed by atoms with E-state index in [2.05, 4.69) is 44.2 Å². The van der Waals surface area contributed by atoms with Gasteiger partial charge in [-0.3, -0.25) is 4.90 Å². The Bertz CT molecular complexity index is 221. The highest BCUT2D eigenvalue weighted by atomic mass is 32.2. The maximum Gasteiger partial charge on any atom is 0.0247 e. The lowest BCUT2D eigenvalue weighted by Crippen LogP contribution is -2.59. The highest BCUT2D eigenvalue weighted by Crippen LogP contribution is 2.20. The standard InChI is InChI=1S/C15H32N2S/c1-6-13(4)15-10-16-14(9-12(2)3)11-17(15)7-8-18-5/h12-16H,6-11H2,1-5H3. The zero-order valence-corrected chi connectivity index (χ0v) is 13.7. The van der Waals surface area contributed by atoms with Gasteiger partial charge in [0.25, 0.3) is 0 Å². The lowest BCUT2D eigenvalue weighted by Gasteiger charge is -2.43. The molecular formula is C15H32N2S. The molecule has 0 aromatic rings. The van der Waals surface area contributed by atoms with Gasteiger partial charge in [-0.1, -0.05) is 34.1 Å². The molecule has 1 saturated heterocycles. The molecule has 0 saturated carbocycles. The number of hydrogen-bond acceptors (Lipinski definition) is 3. The van der Waals surface area contributed by atoms with E-state index < -0.39 is 0 Å². The van der Waals surface area contributed by atoms with Crippen LogP contribution in [0.3, 0.4) is 0 Å². The summed E-state index contributed by atoms with van der Waals surface area (Å²) in [6.07, 6.45) is 4.81. The number of rotatable bonds is 7. The first-order chi connectivity index (χ1) is 8.58. The van der Waals surface area contributed by atoms with Crippen LogP contribution in [-0.2, 0) is 0 Å². The maximum atomic E-state index is 3.77. The van der Waals surface area contributed by atoms with Crippen molar-refractivity contribution in [3.8, 4) is 0 Å². The molecule has 1 aliphatic heterocycles. The molecule has 2 nitrogen and oxygen atoms in total. The van der Waals surface area contributed by atoms with Crippen LogP contribution in [0.4, 0.5) is 0 Å². The zero-order valence-electron chi connectivity index (χ0n) is 12.9. The second-order valence-corrected chi connectivity index (χ2v) is 7.16. The highest BCUT2D eigenvalue weighted by Gasteiger charge is 2.30. The second-order valence-electron chi connectivity index (χ2n) is 6.18. The van der Waals surface area contributed by atoms with Crippen molar-refractivity contribution in [1.29, 1.82) is 0 Å². The summed E-state index contributed by atoms with van der Waals surface area (Å²) in [4.78, 5) is 2.74. The molecular weight excluding hydrogens is 240 g/mol. The molecule has 0 amide bonds. The van der Waals surface area contributed by atoms with Crippen LogP contribution in [-0.4, -0.2) is 48.6 Å². The molecule has 0 aliphatic carbocycles. The van der Waals surface area contributed by atoms with Crippen LogP contribution in [0.5, 0.6) is 0 Å². The van der Waals surface area contributed by atoms with Crippen LogP contribution in [0.15, 0.2) is 0 Å². The Hall–Kier alpha value is 0.270. The first-order valence-electron chi connectivity index (χ1n) is 7.54. The topological polar surface area (TPSA) is 15.3 Å². The average molecular weight is 273 g/mol. The van der Waals surface area contributed by atoms with Gasteiger partial charge in [0, 0.05) is 37.5 Å². The van der Waals surface area contributed by atoms with E-state index in [4.69, 9.17) is 0 Å². The fourth-order valence-corrected chi connectivity index (χ4v) is 3.34. The number of nitrogens with one attached hydrogen (secondary N) is 1. The van der Waals surface area contributed by atoms with Gasteiger partial charge in [0.2, 0.25) is 0 Å². The van der Waals surface area contributed by atoms with Gasteiger partial charge in [0.1, 0.15) is 0 Å². The minimum absolute atomic E-state index is 0.701. The van der Waals surface area contributed by atoms with Crippen molar-refractivity contribution in [2.75, 3.05) is 31.6 Å². The SMILES string of the molecule is CCC(C)C1CNC(CC(C)C)CN1CCSC. The molecule has 1 heterocycles. The molecule has 3 atom stereocenters. The molecule has 0 aromatic heterocycles. The van der Waals surface area contributed by atoms with Gasteiger partial charge < -0.3 is 5.32 Å². The number of piperazine rings is 1. The summed E-state index contributed by atoms with van der Waals surface area (Å²) in [5.74, 6) is 2.87. The summed E-state index contributed by atoms with van der Waals surface area (Å²) in [5, 5.41) is 3.77. The van der Waals surface area contributed by atoms with Gasteiger partial charge in [0.05, 0.1) is 0 Å². The van der Waals surface area contributed by atoms with Crippen LogP contribution < -0.4 is 5.32 Å². The summed E-state index contributed by atoms with van der Waals surface area (Å²) in [5.41, 5.74) is 0. The van der Waals surface area contributed by atoms with Gasteiger partial charge in [-0.05, 0) is 24.5 Å². The van der Waals surface area contributed by atoms with E-state index >= 15 is 0 Å². The van der Waals surface area contributed by atoms with Crippen molar-refractivity contribution in [3.05, 3.63) is 0 Å². The van der Waals surface area contributed by atoms with Crippen molar-refractivity contribution < 1.29 is 0 Å². The first-order valence-corrected chi connectivity index (χ1v) is 8.94. The predicted octanol–water partition coefficient (Wildman–Crippen LogP) is 3.08. The molecule has 0 spiro atoms. The Kier molecular flexibility index (Phi) is 7.66. The third kappa shape index (κ3) is 5.10. The molecule has 18 heavy (non-hydrogen) atoms. The van der Waals surface area contributed by atoms with E-state index in [1.807, 2.05) is 11.8 Å². The van der Waals surface area contributed by atoms with Gasteiger partial charge in [-0.2, -0.15) is 11.8 Å². The second kappa shape index (κ2) is 8.44. The average Bonchev–Trinajstić information content (AvgIpc) is 2.35. The summed E-state index contributed by atoms with van der Waals surface area (Å²) in [6.45, 7) is 13.1. The number of nitrogens with zero attached hydrogens (tertiary/aromatic N) is 1. The van der Waals surface area contributed by atoms with E-state index in [0.29, 0.717) is 6.04 Å². The molecule has 1 aliphatic rings. The van der Waals surface area contributed by atoms with Crippen molar-refractivity contribution in [1.82, 2.24) is 10.2 Å². The smallest absolute Gasteiger partial charge is 0.0247 e. The number of hydrogen-bond donors (Lipinski definition) is 1. The third-order valence-electron chi connectivity index (χ3n) is 4.18. The van der Waals surface area contributed by atoms with E-state index in [1.165, 1.54) is 38.2 Å². The molecule has 0 bridgehead atoms. The quantitative estimate of drug-likeness (QED) is 0.767. The summed E-state index contributed by atoms with van der Waals surface area (Å²) in [7, 11) is 0. The molecule has 0 radical (unpaired) electrons. The Labute approximate surface area is 118 Å². The normalized spacial score (nSPS) is 27.7. The van der Waals surface area contributed by atoms with E-state index in [1.54, 1.807) is 0 Å². The lowest BCUT2D eigenvalue weighted by atomic mass is 9.92. The van der Waals surface area contributed by atoms with Gasteiger partial charge in [0.15, 0.2) is 0 Å². The van der Waals surface area contributed by atoms with Crippen molar-refractivity contribution >= 4 is 11.8 Å². The Morgan fingerprint density at radius 3 is 2.61 bits per heavy atom. The molecule has 1 rings (SSSR count). The zero-order chi connectivity index (χ0) is 13.5. The molecule has 1 fully saturated rings. The number of thioether (sulfide) groups is 1. The van der Waals surface area contributed by atoms with Gasteiger partial charge in [-0.15, -0.1) is 0 Å². The van der Waals surface area contributed by atoms with E-state index in [-0.39, 0.29) is 0 Å². The Morgan fingerprint density at radius 1 is 1.33 bits per heavy atom. The fraction of sp³-hybridized carbons (Fsp3) is 1.00. The minimum Gasteiger partial charge on any atom is -0.311 e. The first kappa shape index (κ1) is 16.3. The van der Waals surface area contributed by atoms with Crippen LogP contribution in [0.2, 0.25) is 0 Å². The molecule has 0 aromatic carbocycles. The van der Waals surface area contributed by atoms with Crippen LogP contribution in [0, 0.1) is 11.8 Å². The van der Waals surface area contributed by atoms with Crippen LogP contribution in [0.25, 0.3) is 0 Å². The lowest BCUT2D eigenvalue weighted by molar-refractivity contribution is 0.0922. The van der Waals surface area contributed by atoms with Crippen molar-refractivity contribution in [2.45, 2.75) is 52.6 Å². The molecule has 3 unspecified atom stereocenters. The van der Waals surface area contributed by atoms with Crippen LogP contribution in [0.1, 0.15) is 40.5 Å². The Morgan fingerprint density at radius 2 is 2.06 bits per heavy atom. The summed E-state index contributed by atoms with van der Waals surface area (Å²) in [6, 6.07) is 1.44. The fourth-order valence-electron chi connectivity index (χ4n) is 2.93. The third-order valence-corrected chi connectivity index (χ3v) is 4.77. The van der Waals surface area contributed by atoms with E-state index in [9.17, 15) is 0 Å². The van der Waals surface area contributed by atoms with E-state index in [0.717, 1.165) is 17.9 Å². The minimum atomic E-state index is 0.701. The predicted molar refractivity (Wildman–Crippen MR) is 84.4 cm³/mol. The molecule has 108 valence electrons. The maximum absolute atomic E-state index is 3.77. The van der Waals surface area contributed by atoms with Gasteiger partial charge >= 0.3 is 0 Å². The van der Waals surface area contributed by atoms with Crippen molar-refractivity contribution in [2.24, 2.45) is 11.8 Å². The van der Waals surface area contributed by atoms with Crippen LogP contribution >= 0.6 is 11.8 Å².